The lowest BCUT2D eigenvalue weighted by Gasteiger charge is -2.38. The molecule has 8 aromatic rings. The van der Waals surface area contributed by atoms with Crippen LogP contribution in [-0.2, 0) is 5.41 Å². The Kier molecular flexibility index (Phi) is 5.75. The molecule has 0 bridgehead atoms. The van der Waals surface area contributed by atoms with Crippen molar-refractivity contribution in [2.24, 2.45) is 0 Å². The lowest BCUT2D eigenvalue weighted by atomic mass is 9.67. The van der Waals surface area contributed by atoms with Gasteiger partial charge >= 0.3 is 0 Å². The van der Waals surface area contributed by atoms with Gasteiger partial charge in [-0.1, -0.05) is 121 Å². The molecule has 1 spiro atoms. The molecular weight excluding hydrogens is 587 g/mol. The topological polar surface area (TPSA) is 47.9 Å². The van der Waals surface area contributed by atoms with Gasteiger partial charge in [-0.15, -0.1) is 0 Å². The zero-order valence-electron chi connectivity index (χ0n) is 25.8. The predicted octanol–water partition coefficient (Wildman–Crippen LogP) is 10.5. The van der Waals surface area contributed by atoms with Crippen molar-refractivity contribution in [3.63, 3.8) is 0 Å². The summed E-state index contributed by atoms with van der Waals surface area (Å²) >= 11 is 0. The molecule has 0 atom stereocenters. The molecule has 4 nitrogen and oxygen atoms in total. The number of benzene rings is 6. The maximum atomic E-state index is 6.50. The van der Waals surface area contributed by atoms with Gasteiger partial charge in [0.1, 0.15) is 11.5 Å². The average molecular weight is 614 g/mol. The first-order valence-electron chi connectivity index (χ1n) is 16.2. The molecule has 2 aromatic heterocycles. The summed E-state index contributed by atoms with van der Waals surface area (Å²) in [6.45, 7) is 0. The van der Waals surface area contributed by atoms with Gasteiger partial charge < -0.3 is 4.74 Å². The van der Waals surface area contributed by atoms with Gasteiger partial charge in [-0.25, -0.2) is 9.97 Å². The van der Waals surface area contributed by atoms with Gasteiger partial charge in [-0.2, -0.15) is 0 Å². The minimum Gasteiger partial charge on any atom is -0.457 e. The highest BCUT2D eigenvalue weighted by atomic mass is 16.5. The van der Waals surface area contributed by atoms with Gasteiger partial charge in [-0.05, 0) is 58.7 Å². The molecule has 2 aliphatic rings. The van der Waals surface area contributed by atoms with Crippen LogP contribution in [0.2, 0.25) is 0 Å². The van der Waals surface area contributed by atoms with E-state index in [-0.39, 0.29) is 0 Å². The second-order valence-corrected chi connectivity index (χ2v) is 12.4. The molecule has 0 N–H and O–H groups in total. The summed E-state index contributed by atoms with van der Waals surface area (Å²) in [5.41, 5.74) is 12.3. The van der Waals surface area contributed by atoms with Crippen LogP contribution in [0.4, 0.5) is 0 Å². The molecule has 10 rings (SSSR count). The monoisotopic (exact) mass is 613 g/mol. The van der Waals surface area contributed by atoms with Crippen LogP contribution in [0, 0.1) is 0 Å². The van der Waals surface area contributed by atoms with E-state index in [1.54, 1.807) is 0 Å². The largest absolute Gasteiger partial charge is 0.457 e. The molecule has 1 aliphatic heterocycles. The molecule has 0 unspecified atom stereocenters. The maximum absolute atomic E-state index is 6.50. The lowest BCUT2D eigenvalue weighted by Crippen LogP contribution is -2.33. The quantitative estimate of drug-likeness (QED) is 0.199. The van der Waals surface area contributed by atoms with Crippen LogP contribution in [0.25, 0.3) is 55.8 Å². The number of fused-ring (bicyclic) bond motifs is 10. The molecule has 224 valence electrons. The van der Waals surface area contributed by atoms with Crippen molar-refractivity contribution in [1.82, 2.24) is 15.0 Å². The predicted molar refractivity (Wildman–Crippen MR) is 191 cm³/mol. The number of nitrogens with zero attached hydrogens (tertiary/aromatic N) is 3. The molecule has 48 heavy (non-hydrogen) atoms. The highest BCUT2D eigenvalue weighted by Crippen LogP contribution is 2.61. The molecule has 0 fully saturated rings. The summed E-state index contributed by atoms with van der Waals surface area (Å²) in [6, 6.07) is 55.0. The van der Waals surface area contributed by atoms with Crippen molar-refractivity contribution in [3.05, 3.63) is 186 Å². The van der Waals surface area contributed by atoms with Gasteiger partial charge in [0.05, 0.1) is 22.3 Å². The number of pyridine rings is 1. The van der Waals surface area contributed by atoms with Gasteiger partial charge in [0, 0.05) is 39.4 Å². The fourth-order valence-electron chi connectivity index (χ4n) is 7.72. The summed E-state index contributed by atoms with van der Waals surface area (Å²) in [4.78, 5) is 15.3. The first kappa shape index (κ1) is 26.8. The third-order valence-corrected chi connectivity index (χ3v) is 9.78. The Labute approximate surface area is 278 Å². The van der Waals surface area contributed by atoms with Crippen LogP contribution >= 0.6 is 0 Å². The van der Waals surface area contributed by atoms with E-state index >= 15 is 0 Å². The number of ether oxygens (including phenoxy) is 1. The molecule has 0 saturated carbocycles. The summed E-state index contributed by atoms with van der Waals surface area (Å²) in [5, 5.41) is 1.04. The summed E-state index contributed by atoms with van der Waals surface area (Å²) < 4.78 is 6.50. The van der Waals surface area contributed by atoms with Gasteiger partial charge in [-0.3, -0.25) is 4.98 Å². The average Bonchev–Trinajstić information content (AvgIpc) is 3.45. The Bertz CT molecular complexity index is 2510. The third kappa shape index (κ3) is 3.80. The van der Waals surface area contributed by atoms with Crippen molar-refractivity contribution in [1.29, 1.82) is 0 Å². The molecule has 4 heteroatoms. The Morgan fingerprint density at radius 3 is 1.98 bits per heavy atom. The third-order valence-electron chi connectivity index (χ3n) is 9.78. The minimum atomic E-state index is -0.614. The fraction of sp³-hybridized carbons (Fsp3) is 0.0227. The first-order chi connectivity index (χ1) is 23.8. The van der Waals surface area contributed by atoms with Crippen LogP contribution in [0.3, 0.4) is 0 Å². The summed E-state index contributed by atoms with van der Waals surface area (Å²) in [7, 11) is 0. The Morgan fingerprint density at radius 2 is 1.15 bits per heavy atom. The van der Waals surface area contributed by atoms with Crippen LogP contribution in [-0.4, -0.2) is 15.0 Å². The van der Waals surface area contributed by atoms with Crippen LogP contribution in [0.5, 0.6) is 11.5 Å². The highest BCUT2D eigenvalue weighted by molar-refractivity contribution is 5.94. The van der Waals surface area contributed by atoms with Crippen LogP contribution in [0.15, 0.2) is 164 Å². The zero-order chi connectivity index (χ0) is 31.7. The van der Waals surface area contributed by atoms with Crippen molar-refractivity contribution >= 4 is 10.9 Å². The molecule has 1 aliphatic carbocycles. The zero-order valence-corrected chi connectivity index (χ0v) is 25.8. The van der Waals surface area contributed by atoms with Gasteiger partial charge in [0.25, 0.3) is 0 Å². The van der Waals surface area contributed by atoms with Crippen molar-refractivity contribution < 1.29 is 4.74 Å². The van der Waals surface area contributed by atoms with E-state index in [1.165, 1.54) is 11.1 Å². The number of para-hydroxylation sites is 3. The summed E-state index contributed by atoms with van der Waals surface area (Å²) in [6.07, 6.45) is 1.91. The first-order valence-corrected chi connectivity index (χ1v) is 16.2. The molecule has 3 heterocycles. The van der Waals surface area contributed by atoms with Gasteiger partial charge in [0.2, 0.25) is 0 Å². The summed E-state index contributed by atoms with van der Waals surface area (Å²) in [5.74, 6) is 2.42. The molecule has 0 saturated heterocycles. The Hall–Kier alpha value is -6.39. The maximum Gasteiger partial charge on any atom is 0.160 e. The number of hydrogen-bond acceptors (Lipinski definition) is 4. The van der Waals surface area contributed by atoms with E-state index in [1.807, 2.05) is 42.6 Å². The smallest absolute Gasteiger partial charge is 0.160 e. The van der Waals surface area contributed by atoms with Gasteiger partial charge in [0.15, 0.2) is 5.82 Å². The van der Waals surface area contributed by atoms with E-state index in [4.69, 9.17) is 19.7 Å². The van der Waals surface area contributed by atoms with Crippen molar-refractivity contribution in [2.75, 3.05) is 0 Å². The second kappa shape index (κ2) is 10.3. The lowest BCUT2D eigenvalue weighted by molar-refractivity contribution is 0.434. The second-order valence-electron chi connectivity index (χ2n) is 12.4. The number of aromatic nitrogens is 3. The molecule has 6 aromatic carbocycles. The Morgan fingerprint density at radius 1 is 0.458 bits per heavy atom. The number of hydrogen-bond donors (Lipinski definition) is 0. The SMILES string of the molecule is c1ccc(-c2nc(-c3cccc(-c4ccc5c(c4)C4(c6ccccc6Oc6ccccc64)c4ncccc4-5)c3)nc3ccccc23)cc1. The molecular formula is C44H27N3O. The van der Waals surface area contributed by atoms with Crippen molar-refractivity contribution in [2.45, 2.75) is 5.41 Å². The standard InChI is InChI=1S/C44H27N3O/c1-2-12-28(13-3-1)41-34-16-4-7-20-38(34)46-43(47-41)31-15-10-14-29(26-31)30-23-24-32-33-17-11-25-45-42(33)44(37(32)27-30)35-18-5-8-21-39(35)48-40-22-9-6-19-36(40)44/h1-27H. The van der Waals surface area contributed by atoms with E-state index in [0.29, 0.717) is 5.82 Å². The van der Waals surface area contributed by atoms with Crippen molar-refractivity contribution in [3.8, 4) is 56.4 Å². The van der Waals surface area contributed by atoms with Crippen LogP contribution in [0.1, 0.15) is 22.4 Å². The highest BCUT2D eigenvalue weighted by Gasteiger charge is 2.52. The normalized spacial score (nSPS) is 13.3. The fourth-order valence-corrected chi connectivity index (χ4v) is 7.72. The van der Waals surface area contributed by atoms with Crippen LogP contribution < -0.4 is 4.74 Å². The molecule has 0 amide bonds. The molecule has 0 radical (unpaired) electrons. The van der Waals surface area contributed by atoms with E-state index < -0.39 is 5.41 Å². The van der Waals surface area contributed by atoms with E-state index in [2.05, 4.69) is 121 Å². The Balaban J connectivity index is 1.17. The van der Waals surface area contributed by atoms with E-state index in [9.17, 15) is 0 Å². The number of rotatable bonds is 3. The van der Waals surface area contributed by atoms with E-state index in [0.717, 1.165) is 72.7 Å². The minimum absolute atomic E-state index is 0.614.